The Kier molecular flexibility index (Phi) is 6.22. The van der Waals surface area contributed by atoms with Gasteiger partial charge in [-0.2, -0.15) is 0 Å². The van der Waals surface area contributed by atoms with Crippen LogP contribution in [0.1, 0.15) is 31.1 Å². The Bertz CT molecular complexity index is 442. The second-order valence-corrected chi connectivity index (χ2v) is 5.39. The van der Waals surface area contributed by atoms with E-state index in [0.717, 1.165) is 0 Å². The maximum atomic E-state index is 12.5. The predicted octanol–water partition coefficient (Wildman–Crippen LogP) is 2.59. The van der Waals surface area contributed by atoms with Gasteiger partial charge in [0.1, 0.15) is 0 Å². The summed E-state index contributed by atoms with van der Waals surface area (Å²) in [6.07, 6.45) is 0. The summed E-state index contributed by atoms with van der Waals surface area (Å²) in [6.45, 7) is 6.87. The quantitative estimate of drug-likeness (QED) is 0.751. The molecule has 0 saturated carbocycles. The largest absolute Gasteiger partial charge is 0.469 e. The predicted molar refractivity (Wildman–Crippen MR) is 78.4 cm³/mol. The second-order valence-electron chi connectivity index (χ2n) is 5.39. The summed E-state index contributed by atoms with van der Waals surface area (Å²) < 4.78 is 4.73. The van der Waals surface area contributed by atoms with Gasteiger partial charge in [-0.05, 0) is 18.1 Å². The van der Waals surface area contributed by atoms with Gasteiger partial charge in [0.2, 0.25) is 0 Å². The van der Waals surface area contributed by atoms with Gasteiger partial charge in [-0.3, -0.25) is 9.59 Å². The highest BCUT2D eigenvalue weighted by Crippen LogP contribution is 2.11. The van der Waals surface area contributed by atoms with Crippen LogP contribution in [-0.2, 0) is 9.53 Å². The van der Waals surface area contributed by atoms with Crippen molar-refractivity contribution in [1.82, 2.24) is 4.90 Å². The molecule has 4 nitrogen and oxygen atoms in total. The summed E-state index contributed by atoms with van der Waals surface area (Å²) in [4.78, 5) is 25.8. The fourth-order valence-electron chi connectivity index (χ4n) is 2.05. The molecule has 0 spiro atoms. The summed E-state index contributed by atoms with van der Waals surface area (Å²) in [5.74, 6) is -0.325. The Hall–Kier alpha value is -1.84. The number of nitrogens with zero attached hydrogens (tertiary/aromatic N) is 1. The maximum Gasteiger partial charge on any atom is 0.310 e. The fraction of sp³-hybridized carbons (Fsp3) is 0.500. The molecular weight excluding hydrogens is 254 g/mol. The van der Waals surface area contributed by atoms with Crippen LogP contribution in [0.2, 0.25) is 0 Å². The number of carbonyl (C=O) groups is 2. The second kappa shape index (κ2) is 7.68. The van der Waals surface area contributed by atoms with Crippen molar-refractivity contribution in [3.63, 3.8) is 0 Å². The highest BCUT2D eigenvalue weighted by atomic mass is 16.5. The number of rotatable bonds is 6. The third-order valence-electron chi connectivity index (χ3n) is 2.99. The van der Waals surface area contributed by atoms with E-state index in [1.165, 1.54) is 7.11 Å². The van der Waals surface area contributed by atoms with Crippen LogP contribution in [0.15, 0.2) is 30.3 Å². The van der Waals surface area contributed by atoms with Gasteiger partial charge in [0, 0.05) is 18.7 Å². The summed E-state index contributed by atoms with van der Waals surface area (Å²) in [7, 11) is 1.37. The van der Waals surface area contributed by atoms with Crippen LogP contribution in [0, 0.1) is 11.8 Å². The zero-order valence-corrected chi connectivity index (χ0v) is 12.6. The van der Waals surface area contributed by atoms with Gasteiger partial charge in [0.15, 0.2) is 0 Å². The standard InChI is InChI=1S/C16H23NO3/c1-12(2)10-17(11-13(3)16(19)20-4)15(18)14-8-6-5-7-9-14/h5-9,12-13H,10-11H2,1-4H3. The molecule has 1 atom stereocenters. The van der Waals surface area contributed by atoms with Crippen LogP contribution in [0.25, 0.3) is 0 Å². The van der Waals surface area contributed by atoms with E-state index in [4.69, 9.17) is 4.74 Å². The lowest BCUT2D eigenvalue weighted by molar-refractivity contribution is -0.145. The lowest BCUT2D eigenvalue weighted by Crippen LogP contribution is -2.39. The van der Waals surface area contributed by atoms with Crippen LogP contribution in [0.5, 0.6) is 0 Å². The van der Waals surface area contributed by atoms with Gasteiger partial charge in [0.25, 0.3) is 5.91 Å². The molecule has 0 aliphatic carbocycles. The van der Waals surface area contributed by atoms with Gasteiger partial charge in [-0.1, -0.05) is 39.0 Å². The molecule has 1 unspecified atom stereocenters. The molecule has 0 fully saturated rings. The van der Waals surface area contributed by atoms with E-state index in [2.05, 4.69) is 0 Å². The first-order chi connectivity index (χ1) is 9.45. The third-order valence-corrected chi connectivity index (χ3v) is 2.99. The first-order valence-electron chi connectivity index (χ1n) is 6.87. The molecular formula is C16H23NO3. The number of esters is 1. The number of amides is 1. The van der Waals surface area contributed by atoms with E-state index in [1.54, 1.807) is 24.0 Å². The summed E-state index contributed by atoms with van der Waals surface area (Å²) >= 11 is 0. The van der Waals surface area contributed by atoms with Crippen molar-refractivity contribution < 1.29 is 14.3 Å². The van der Waals surface area contributed by atoms with Crippen molar-refractivity contribution in [2.45, 2.75) is 20.8 Å². The van der Waals surface area contributed by atoms with E-state index < -0.39 is 0 Å². The first-order valence-corrected chi connectivity index (χ1v) is 6.87. The Balaban J connectivity index is 2.84. The van der Waals surface area contributed by atoms with Gasteiger partial charge in [-0.25, -0.2) is 0 Å². The van der Waals surface area contributed by atoms with Gasteiger partial charge >= 0.3 is 5.97 Å². The molecule has 110 valence electrons. The first kappa shape index (κ1) is 16.2. The van der Waals surface area contributed by atoms with Crippen molar-refractivity contribution in [3.05, 3.63) is 35.9 Å². The molecule has 0 bridgehead atoms. The zero-order chi connectivity index (χ0) is 15.1. The molecule has 4 heteroatoms. The van der Waals surface area contributed by atoms with E-state index in [1.807, 2.05) is 32.0 Å². The van der Waals surface area contributed by atoms with Gasteiger partial charge in [-0.15, -0.1) is 0 Å². The number of methoxy groups -OCH3 is 1. The Labute approximate surface area is 120 Å². The number of hydrogen-bond donors (Lipinski definition) is 0. The Morgan fingerprint density at radius 2 is 1.70 bits per heavy atom. The van der Waals surface area contributed by atoms with Gasteiger partial charge in [0.05, 0.1) is 13.0 Å². The minimum absolute atomic E-state index is 0.0462. The Morgan fingerprint density at radius 3 is 2.20 bits per heavy atom. The van der Waals surface area contributed by atoms with E-state index >= 15 is 0 Å². The zero-order valence-electron chi connectivity index (χ0n) is 12.6. The van der Waals surface area contributed by atoms with Crippen LogP contribution >= 0.6 is 0 Å². The van der Waals surface area contributed by atoms with Crippen LogP contribution in [-0.4, -0.2) is 37.0 Å². The monoisotopic (exact) mass is 277 g/mol. The number of benzene rings is 1. The number of hydrogen-bond acceptors (Lipinski definition) is 3. The number of carbonyl (C=O) groups excluding carboxylic acids is 2. The van der Waals surface area contributed by atoms with Gasteiger partial charge < -0.3 is 9.64 Å². The fourth-order valence-corrected chi connectivity index (χ4v) is 2.05. The lowest BCUT2D eigenvalue weighted by atomic mass is 10.1. The molecule has 0 saturated heterocycles. The smallest absolute Gasteiger partial charge is 0.310 e. The molecule has 1 aromatic carbocycles. The molecule has 0 heterocycles. The van der Waals surface area contributed by atoms with Crippen molar-refractivity contribution in [3.8, 4) is 0 Å². The SMILES string of the molecule is COC(=O)C(C)CN(CC(C)C)C(=O)c1ccccc1. The molecule has 0 aromatic heterocycles. The van der Waals surface area contributed by atoms with Crippen LogP contribution < -0.4 is 0 Å². The highest BCUT2D eigenvalue weighted by molar-refractivity contribution is 5.94. The van der Waals surface area contributed by atoms with Crippen molar-refractivity contribution in [1.29, 1.82) is 0 Å². The van der Waals surface area contributed by atoms with Crippen LogP contribution in [0.4, 0.5) is 0 Å². The van der Waals surface area contributed by atoms with E-state index in [0.29, 0.717) is 24.6 Å². The molecule has 0 radical (unpaired) electrons. The topological polar surface area (TPSA) is 46.6 Å². The van der Waals surface area contributed by atoms with Crippen LogP contribution in [0.3, 0.4) is 0 Å². The maximum absolute atomic E-state index is 12.5. The van der Waals surface area contributed by atoms with Crippen molar-refractivity contribution in [2.24, 2.45) is 11.8 Å². The summed E-state index contributed by atoms with van der Waals surface area (Å²) in [5, 5.41) is 0. The average molecular weight is 277 g/mol. The minimum Gasteiger partial charge on any atom is -0.469 e. The molecule has 20 heavy (non-hydrogen) atoms. The lowest BCUT2D eigenvalue weighted by Gasteiger charge is -2.26. The average Bonchev–Trinajstić information content (AvgIpc) is 2.45. The molecule has 0 aliphatic heterocycles. The van der Waals surface area contributed by atoms with Crippen molar-refractivity contribution >= 4 is 11.9 Å². The summed E-state index contributed by atoms with van der Waals surface area (Å²) in [6, 6.07) is 9.13. The number of ether oxygens (including phenoxy) is 1. The van der Waals surface area contributed by atoms with E-state index in [9.17, 15) is 9.59 Å². The normalized spacial score (nSPS) is 12.1. The molecule has 0 N–H and O–H groups in total. The minimum atomic E-state index is -0.327. The third kappa shape index (κ3) is 4.68. The van der Waals surface area contributed by atoms with Crippen molar-refractivity contribution in [2.75, 3.05) is 20.2 Å². The molecule has 0 aliphatic rings. The highest BCUT2D eigenvalue weighted by Gasteiger charge is 2.22. The molecule has 1 rings (SSSR count). The molecule has 1 amide bonds. The van der Waals surface area contributed by atoms with E-state index in [-0.39, 0.29) is 17.8 Å². The Morgan fingerprint density at radius 1 is 1.10 bits per heavy atom. The summed E-state index contributed by atoms with van der Waals surface area (Å²) in [5.41, 5.74) is 0.644. The molecule has 1 aromatic rings.